The van der Waals surface area contributed by atoms with E-state index in [0.29, 0.717) is 11.3 Å². The zero-order valence-corrected chi connectivity index (χ0v) is 20.0. The maximum absolute atomic E-state index is 13.0. The molecule has 34 heavy (non-hydrogen) atoms. The fourth-order valence-corrected chi connectivity index (χ4v) is 4.43. The molecule has 1 heterocycles. The minimum absolute atomic E-state index is 0.00802. The van der Waals surface area contributed by atoms with Crippen LogP contribution in [0.3, 0.4) is 0 Å². The second kappa shape index (κ2) is 11.1. The average Bonchev–Trinajstić information content (AvgIpc) is 2.86. The van der Waals surface area contributed by atoms with Crippen molar-refractivity contribution in [2.75, 3.05) is 18.4 Å². The maximum atomic E-state index is 13.0. The van der Waals surface area contributed by atoms with Crippen LogP contribution in [0.2, 0.25) is 0 Å². The average molecular weight is 456 g/mol. The Morgan fingerprint density at radius 3 is 2.26 bits per heavy atom. The summed E-state index contributed by atoms with van der Waals surface area (Å²) < 4.78 is 0. The molecule has 1 saturated heterocycles. The molecule has 0 spiro atoms. The van der Waals surface area contributed by atoms with Crippen molar-refractivity contribution in [3.63, 3.8) is 0 Å². The van der Waals surface area contributed by atoms with Gasteiger partial charge in [0.2, 0.25) is 5.91 Å². The lowest BCUT2D eigenvalue weighted by molar-refractivity contribution is -0.121. The van der Waals surface area contributed by atoms with Crippen LogP contribution in [0.5, 0.6) is 0 Å². The molecule has 176 valence electrons. The van der Waals surface area contributed by atoms with Gasteiger partial charge in [0, 0.05) is 12.5 Å². The van der Waals surface area contributed by atoms with Crippen LogP contribution >= 0.6 is 0 Å². The number of carbonyl (C=O) groups excluding carboxylic acids is 2. The topological polar surface area (TPSA) is 61.4 Å². The molecule has 2 amide bonds. The SMILES string of the molecule is Cc1ccc(CN2CCC(C(=O)Nc3ccccc3C(=O)N[C@H](C)c3ccccc3)CC2)cc1. The number of para-hydroxylation sites is 1. The van der Waals surface area contributed by atoms with E-state index in [2.05, 4.69) is 46.7 Å². The Hall–Kier alpha value is -3.44. The van der Waals surface area contributed by atoms with Crippen LogP contribution < -0.4 is 10.6 Å². The van der Waals surface area contributed by atoms with E-state index in [1.807, 2.05) is 49.4 Å². The molecule has 0 aromatic heterocycles. The summed E-state index contributed by atoms with van der Waals surface area (Å²) >= 11 is 0. The maximum Gasteiger partial charge on any atom is 0.253 e. The van der Waals surface area contributed by atoms with Gasteiger partial charge in [-0.25, -0.2) is 0 Å². The Bertz CT molecular complexity index is 1100. The molecule has 1 aliphatic heterocycles. The summed E-state index contributed by atoms with van der Waals surface area (Å²) in [6.07, 6.45) is 1.63. The lowest BCUT2D eigenvalue weighted by atomic mass is 9.95. The van der Waals surface area contributed by atoms with Crippen LogP contribution in [-0.4, -0.2) is 29.8 Å². The molecule has 0 aliphatic carbocycles. The number of nitrogens with zero attached hydrogens (tertiary/aromatic N) is 1. The van der Waals surface area contributed by atoms with Crippen LogP contribution in [0.1, 0.15) is 52.9 Å². The van der Waals surface area contributed by atoms with Crippen molar-refractivity contribution in [3.05, 3.63) is 101 Å². The molecule has 3 aromatic rings. The number of carbonyl (C=O) groups is 2. The lowest BCUT2D eigenvalue weighted by Crippen LogP contribution is -2.38. The van der Waals surface area contributed by atoms with Crippen molar-refractivity contribution in [2.24, 2.45) is 5.92 Å². The first-order valence-electron chi connectivity index (χ1n) is 12.0. The van der Waals surface area contributed by atoms with E-state index < -0.39 is 0 Å². The summed E-state index contributed by atoms with van der Waals surface area (Å²) in [5.41, 5.74) is 4.65. The Balaban J connectivity index is 1.33. The predicted molar refractivity (Wildman–Crippen MR) is 137 cm³/mol. The van der Waals surface area contributed by atoms with Gasteiger partial charge in [-0.05, 0) is 63.0 Å². The molecular weight excluding hydrogens is 422 g/mol. The largest absolute Gasteiger partial charge is 0.345 e. The Morgan fingerprint density at radius 1 is 0.912 bits per heavy atom. The van der Waals surface area contributed by atoms with Crippen LogP contribution in [0.15, 0.2) is 78.9 Å². The standard InChI is InChI=1S/C29H33N3O2/c1-21-12-14-23(15-13-21)20-32-18-16-25(17-19-32)28(33)31-27-11-7-6-10-26(27)29(34)30-22(2)24-8-4-3-5-9-24/h3-15,22,25H,16-20H2,1-2H3,(H,30,34)(H,31,33)/t22-/m1/s1. The van der Waals surface area contributed by atoms with E-state index in [0.717, 1.165) is 38.0 Å². The van der Waals surface area contributed by atoms with E-state index >= 15 is 0 Å². The van der Waals surface area contributed by atoms with E-state index in [1.54, 1.807) is 12.1 Å². The summed E-state index contributed by atoms with van der Waals surface area (Å²) in [5, 5.41) is 6.07. The molecule has 1 aliphatic rings. The number of rotatable bonds is 7. The van der Waals surface area contributed by atoms with Gasteiger partial charge in [-0.1, -0.05) is 72.3 Å². The number of likely N-dealkylation sites (tertiary alicyclic amines) is 1. The van der Waals surface area contributed by atoms with E-state index in [-0.39, 0.29) is 23.8 Å². The van der Waals surface area contributed by atoms with Crippen LogP contribution in [0.25, 0.3) is 0 Å². The quantitative estimate of drug-likeness (QED) is 0.506. The number of amides is 2. The summed E-state index contributed by atoms with van der Waals surface area (Å²) in [6, 6.07) is 25.6. The summed E-state index contributed by atoms with van der Waals surface area (Å²) in [7, 11) is 0. The fourth-order valence-electron chi connectivity index (χ4n) is 4.43. The van der Waals surface area contributed by atoms with Crippen LogP contribution in [0, 0.1) is 12.8 Å². The zero-order chi connectivity index (χ0) is 23.9. The van der Waals surface area contributed by atoms with Gasteiger partial charge in [-0.15, -0.1) is 0 Å². The number of nitrogens with one attached hydrogen (secondary N) is 2. The smallest absolute Gasteiger partial charge is 0.253 e. The molecule has 5 nitrogen and oxygen atoms in total. The number of hydrogen-bond donors (Lipinski definition) is 2. The minimum Gasteiger partial charge on any atom is -0.345 e. The normalized spacial score (nSPS) is 15.5. The highest BCUT2D eigenvalue weighted by molar-refractivity contribution is 6.04. The second-order valence-corrected chi connectivity index (χ2v) is 9.18. The van der Waals surface area contributed by atoms with Crippen molar-refractivity contribution in [1.29, 1.82) is 0 Å². The third-order valence-corrected chi connectivity index (χ3v) is 6.56. The first-order chi connectivity index (χ1) is 16.5. The highest BCUT2D eigenvalue weighted by Crippen LogP contribution is 2.23. The van der Waals surface area contributed by atoms with Crippen molar-refractivity contribution in [2.45, 2.75) is 39.3 Å². The van der Waals surface area contributed by atoms with E-state index in [4.69, 9.17) is 0 Å². The van der Waals surface area contributed by atoms with Gasteiger partial charge in [0.05, 0.1) is 17.3 Å². The van der Waals surface area contributed by atoms with Crippen molar-refractivity contribution in [3.8, 4) is 0 Å². The Kier molecular flexibility index (Phi) is 7.76. The molecule has 0 unspecified atom stereocenters. The zero-order valence-electron chi connectivity index (χ0n) is 20.0. The molecule has 1 fully saturated rings. The van der Waals surface area contributed by atoms with Gasteiger partial charge in [0.15, 0.2) is 0 Å². The third kappa shape index (κ3) is 6.12. The van der Waals surface area contributed by atoms with Gasteiger partial charge in [-0.3, -0.25) is 14.5 Å². The first-order valence-corrected chi connectivity index (χ1v) is 12.0. The van der Waals surface area contributed by atoms with Gasteiger partial charge in [-0.2, -0.15) is 0 Å². The number of hydrogen-bond acceptors (Lipinski definition) is 3. The van der Waals surface area contributed by atoms with Gasteiger partial charge < -0.3 is 10.6 Å². The fraction of sp³-hybridized carbons (Fsp3) is 0.310. The number of anilines is 1. The number of aryl methyl sites for hydroxylation is 1. The summed E-state index contributed by atoms with van der Waals surface area (Å²) in [6.45, 7) is 6.75. The highest BCUT2D eigenvalue weighted by Gasteiger charge is 2.26. The molecule has 0 saturated carbocycles. The van der Waals surface area contributed by atoms with Gasteiger partial charge in [0.25, 0.3) is 5.91 Å². The Morgan fingerprint density at radius 2 is 1.56 bits per heavy atom. The van der Waals surface area contributed by atoms with E-state index in [1.165, 1.54) is 11.1 Å². The second-order valence-electron chi connectivity index (χ2n) is 9.18. The first kappa shape index (κ1) is 23.7. The van der Waals surface area contributed by atoms with Gasteiger partial charge in [0.1, 0.15) is 0 Å². The number of piperidine rings is 1. The summed E-state index contributed by atoms with van der Waals surface area (Å²) in [4.78, 5) is 28.4. The minimum atomic E-state index is -0.194. The van der Waals surface area contributed by atoms with Crippen molar-refractivity contribution < 1.29 is 9.59 Å². The third-order valence-electron chi connectivity index (χ3n) is 6.56. The van der Waals surface area contributed by atoms with Crippen molar-refractivity contribution in [1.82, 2.24) is 10.2 Å². The van der Waals surface area contributed by atoms with E-state index in [9.17, 15) is 9.59 Å². The monoisotopic (exact) mass is 455 g/mol. The molecule has 1 atom stereocenters. The molecule has 5 heteroatoms. The molecule has 0 radical (unpaired) electrons. The Labute approximate surface area is 202 Å². The molecular formula is C29H33N3O2. The highest BCUT2D eigenvalue weighted by atomic mass is 16.2. The van der Waals surface area contributed by atoms with Crippen LogP contribution in [-0.2, 0) is 11.3 Å². The lowest BCUT2D eigenvalue weighted by Gasteiger charge is -2.31. The number of benzene rings is 3. The molecule has 0 bridgehead atoms. The van der Waals surface area contributed by atoms with Gasteiger partial charge >= 0.3 is 0 Å². The molecule has 3 aromatic carbocycles. The molecule has 2 N–H and O–H groups in total. The molecule has 4 rings (SSSR count). The van der Waals surface area contributed by atoms with Crippen LogP contribution in [0.4, 0.5) is 5.69 Å². The predicted octanol–water partition coefficient (Wildman–Crippen LogP) is 5.34. The summed E-state index contributed by atoms with van der Waals surface area (Å²) in [5.74, 6) is -0.250. The van der Waals surface area contributed by atoms with Crippen molar-refractivity contribution >= 4 is 17.5 Å².